The van der Waals surface area contributed by atoms with E-state index in [0.717, 1.165) is 25.9 Å². The van der Waals surface area contributed by atoms with Gasteiger partial charge in [-0.3, -0.25) is 14.4 Å². The zero-order valence-electron chi connectivity index (χ0n) is 18.9. The molecule has 1 saturated heterocycles. The molecule has 0 aliphatic carbocycles. The number of carbonyl (C=O) groups is 3. The smallest absolute Gasteiger partial charge is 0.224 e. The molecule has 0 bridgehead atoms. The number of Topliss-reactive ketones (excluding diaryl/α,β-unsaturated/α-hetero) is 1. The number of amides is 2. The van der Waals surface area contributed by atoms with Gasteiger partial charge in [0.25, 0.3) is 0 Å². The van der Waals surface area contributed by atoms with Crippen LogP contribution in [-0.2, 0) is 16.0 Å². The van der Waals surface area contributed by atoms with Crippen molar-refractivity contribution in [3.8, 4) is 0 Å². The predicted molar refractivity (Wildman–Crippen MR) is 127 cm³/mol. The van der Waals surface area contributed by atoms with Gasteiger partial charge in [0, 0.05) is 63.2 Å². The lowest BCUT2D eigenvalue weighted by Gasteiger charge is -2.36. The molecule has 0 saturated carbocycles. The molecule has 0 unspecified atom stereocenters. The molecule has 2 aromatic carbocycles. The number of benzene rings is 2. The van der Waals surface area contributed by atoms with Gasteiger partial charge in [-0.15, -0.1) is 0 Å². The number of para-hydroxylation sites is 1. The summed E-state index contributed by atoms with van der Waals surface area (Å²) in [6.07, 6.45) is 2.66. The van der Waals surface area contributed by atoms with Gasteiger partial charge < -0.3 is 15.1 Å². The van der Waals surface area contributed by atoms with Crippen LogP contribution in [0.2, 0.25) is 0 Å². The van der Waals surface area contributed by atoms with Crippen LogP contribution < -0.4 is 10.2 Å². The van der Waals surface area contributed by atoms with Gasteiger partial charge in [0.1, 0.15) is 0 Å². The third-order valence-electron chi connectivity index (χ3n) is 5.81. The van der Waals surface area contributed by atoms with E-state index >= 15 is 0 Å². The Morgan fingerprint density at radius 1 is 0.844 bits per heavy atom. The van der Waals surface area contributed by atoms with E-state index in [9.17, 15) is 14.4 Å². The Labute approximate surface area is 190 Å². The van der Waals surface area contributed by atoms with Crippen LogP contribution in [0, 0.1) is 0 Å². The molecule has 1 aliphatic heterocycles. The molecule has 0 atom stereocenters. The maximum atomic E-state index is 12.4. The zero-order valence-corrected chi connectivity index (χ0v) is 18.9. The Hall–Kier alpha value is -3.15. The summed E-state index contributed by atoms with van der Waals surface area (Å²) in [5.74, 6) is -0.167. The molecule has 3 rings (SSSR count). The fourth-order valence-electron chi connectivity index (χ4n) is 3.93. The molecule has 32 heavy (non-hydrogen) atoms. The minimum atomic E-state index is -0.192. The molecule has 170 valence electrons. The highest BCUT2D eigenvalue weighted by Gasteiger charge is 2.21. The lowest BCUT2D eigenvalue weighted by atomic mass is 10.0. The number of nitrogens with one attached hydrogen (secondary N) is 1. The topological polar surface area (TPSA) is 69.7 Å². The molecular formula is C26H33N3O3. The Morgan fingerprint density at radius 3 is 2.19 bits per heavy atom. The van der Waals surface area contributed by atoms with Gasteiger partial charge in [-0.25, -0.2) is 0 Å². The highest BCUT2D eigenvalue weighted by Crippen LogP contribution is 2.16. The molecule has 6 nitrogen and oxygen atoms in total. The fourth-order valence-corrected chi connectivity index (χ4v) is 3.93. The summed E-state index contributed by atoms with van der Waals surface area (Å²) >= 11 is 0. The van der Waals surface area contributed by atoms with E-state index in [1.807, 2.05) is 47.4 Å². The Morgan fingerprint density at radius 2 is 1.53 bits per heavy atom. The molecule has 0 aromatic heterocycles. The summed E-state index contributed by atoms with van der Waals surface area (Å²) in [6, 6.07) is 17.8. The third kappa shape index (κ3) is 6.94. The quantitative estimate of drug-likeness (QED) is 0.581. The van der Waals surface area contributed by atoms with E-state index in [-0.39, 0.29) is 36.9 Å². The van der Waals surface area contributed by atoms with Crippen molar-refractivity contribution in [1.29, 1.82) is 0 Å². The lowest BCUT2D eigenvalue weighted by Crippen LogP contribution is -2.49. The second kappa shape index (κ2) is 12.0. The van der Waals surface area contributed by atoms with Crippen LogP contribution in [0.25, 0.3) is 0 Å². The summed E-state index contributed by atoms with van der Waals surface area (Å²) in [5.41, 5.74) is 3.04. The second-order valence-electron chi connectivity index (χ2n) is 8.17. The maximum Gasteiger partial charge on any atom is 0.224 e. The van der Waals surface area contributed by atoms with Crippen molar-refractivity contribution in [2.45, 2.75) is 39.0 Å². The van der Waals surface area contributed by atoms with Crippen LogP contribution >= 0.6 is 0 Å². The number of nitrogens with zero attached hydrogens (tertiary/aromatic N) is 2. The van der Waals surface area contributed by atoms with Crippen molar-refractivity contribution < 1.29 is 14.4 Å². The maximum absolute atomic E-state index is 12.4. The first-order chi connectivity index (χ1) is 15.6. The lowest BCUT2D eigenvalue weighted by molar-refractivity contribution is -0.131. The van der Waals surface area contributed by atoms with Crippen molar-refractivity contribution in [2.24, 2.45) is 0 Å². The van der Waals surface area contributed by atoms with Crippen LogP contribution in [-0.4, -0.2) is 55.2 Å². The summed E-state index contributed by atoms with van der Waals surface area (Å²) in [4.78, 5) is 41.0. The number of ketones is 1. The van der Waals surface area contributed by atoms with Gasteiger partial charge in [0.2, 0.25) is 11.8 Å². The highest BCUT2D eigenvalue weighted by molar-refractivity contribution is 5.98. The molecule has 1 fully saturated rings. The first kappa shape index (κ1) is 23.5. The highest BCUT2D eigenvalue weighted by atomic mass is 16.2. The van der Waals surface area contributed by atoms with Crippen molar-refractivity contribution in [1.82, 2.24) is 10.2 Å². The average Bonchev–Trinajstić information content (AvgIpc) is 2.84. The predicted octanol–water partition coefficient (Wildman–Crippen LogP) is 3.46. The molecule has 1 aliphatic rings. The fraction of sp³-hybridized carbons (Fsp3) is 0.423. The minimum Gasteiger partial charge on any atom is -0.368 e. The van der Waals surface area contributed by atoms with E-state index in [4.69, 9.17) is 0 Å². The second-order valence-corrected chi connectivity index (χ2v) is 8.17. The molecule has 6 heteroatoms. The average molecular weight is 436 g/mol. The van der Waals surface area contributed by atoms with Gasteiger partial charge in [-0.2, -0.15) is 0 Å². The third-order valence-corrected chi connectivity index (χ3v) is 5.81. The van der Waals surface area contributed by atoms with E-state index < -0.39 is 0 Å². The van der Waals surface area contributed by atoms with Gasteiger partial charge in [-0.05, 0) is 24.1 Å². The Bertz CT molecular complexity index is 888. The largest absolute Gasteiger partial charge is 0.368 e. The Kier molecular flexibility index (Phi) is 8.84. The SMILES string of the molecule is CCCc1ccc(C(=O)CCC(=O)NCCC(=O)N2CCN(c3ccccc3)CC2)cc1. The van der Waals surface area contributed by atoms with Gasteiger partial charge in [0.05, 0.1) is 0 Å². The van der Waals surface area contributed by atoms with Gasteiger partial charge in [-0.1, -0.05) is 55.8 Å². The molecule has 2 aromatic rings. The van der Waals surface area contributed by atoms with Crippen molar-refractivity contribution in [2.75, 3.05) is 37.6 Å². The number of rotatable bonds is 10. The van der Waals surface area contributed by atoms with E-state index in [1.54, 1.807) is 0 Å². The molecule has 2 amide bonds. The first-order valence-corrected chi connectivity index (χ1v) is 11.5. The van der Waals surface area contributed by atoms with E-state index in [1.165, 1.54) is 11.3 Å². The van der Waals surface area contributed by atoms with Gasteiger partial charge >= 0.3 is 0 Å². The summed E-state index contributed by atoms with van der Waals surface area (Å²) in [5, 5.41) is 2.77. The van der Waals surface area contributed by atoms with Crippen LogP contribution in [0.3, 0.4) is 0 Å². The normalized spacial score (nSPS) is 13.7. The number of anilines is 1. The van der Waals surface area contributed by atoms with Crippen molar-refractivity contribution in [3.05, 3.63) is 65.7 Å². The summed E-state index contributed by atoms with van der Waals surface area (Å²) < 4.78 is 0. The van der Waals surface area contributed by atoms with Crippen LogP contribution in [0.4, 0.5) is 5.69 Å². The molecular weight excluding hydrogens is 402 g/mol. The summed E-state index contributed by atoms with van der Waals surface area (Å²) in [6.45, 7) is 5.42. The monoisotopic (exact) mass is 435 g/mol. The zero-order chi connectivity index (χ0) is 22.8. The molecule has 0 spiro atoms. The first-order valence-electron chi connectivity index (χ1n) is 11.5. The Balaban J connectivity index is 1.31. The minimum absolute atomic E-state index is 0.0319. The standard InChI is InChI=1S/C26H33N3O3/c1-2-6-21-9-11-22(12-10-21)24(30)13-14-25(31)27-16-15-26(32)29-19-17-28(18-20-29)23-7-4-3-5-8-23/h3-5,7-12H,2,6,13-20H2,1H3,(H,27,31). The number of hydrogen-bond donors (Lipinski definition) is 1. The molecule has 1 N–H and O–H groups in total. The van der Waals surface area contributed by atoms with Crippen molar-refractivity contribution >= 4 is 23.3 Å². The van der Waals surface area contributed by atoms with Crippen LogP contribution in [0.5, 0.6) is 0 Å². The number of carbonyl (C=O) groups excluding carboxylic acids is 3. The number of aryl methyl sites for hydroxylation is 1. The van der Waals surface area contributed by atoms with Crippen LogP contribution in [0.1, 0.15) is 48.5 Å². The van der Waals surface area contributed by atoms with Crippen LogP contribution in [0.15, 0.2) is 54.6 Å². The molecule has 1 heterocycles. The number of hydrogen-bond acceptors (Lipinski definition) is 4. The van der Waals surface area contributed by atoms with E-state index in [2.05, 4.69) is 29.3 Å². The van der Waals surface area contributed by atoms with Gasteiger partial charge in [0.15, 0.2) is 5.78 Å². The summed E-state index contributed by atoms with van der Waals surface area (Å²) in [7, 11) is 0. The van der Waals surface area contributed by atoms with Crippen molar-refractivity contribution in [3.63, 3.8) is 0 Å². The molecule has 0 radical (unpaired) electrons. The van der Waals surface area contributed by atoms with E-state index in [0.29, 0.717) is 25.2 Å². The number of piperazine rings is 1.